The van der Waals surface area contributed by atoms with Crippen LogP contribution in [-0.2, 0) is 6.42 Å². The molecular weight excluding hydrogens is 192 g/mol. The Balaban J connectivity index is 2.00. The van der Waals surface area contributed by atoms with Crippen molar-refractivity contribution >= 4 is 17.2 Å². The Hall–Kier alpha value is -0.960. The van der Waals surface area contributed by atoms with Crippen molar-refractivity contribution in [1.82, 2.24) is 10.3 Å². The average molecular weight is 206 g/mol. The topological polar surface area (TPSA) is 24.9 Å². The number of pyridine rings is 1. The van der Waals surface area contributed by atoms with E-state index in [-0.39, 0.29) is 0 Å². The number of nitrogens with zero attached hydrogens (tertiary/aromatic N) is 1. The van der Waals surface area contributed by atoms with Crippen LogP contribution < -0.4 is 5.32 Å². The molecule has 74 valence electrons. The third-order valence-electron chi connectivity index (χ3n) is 2.60. The minimum atomic E-state index is 0.517. The molecule has 1 N–H and O–H groups in total. The molecule has 0 aliphatic carbocycles. The zero-order valence-electron chi connectivity index (χ0n) is 8.07. The second-order valence-corrected chi connectivity index (χ2v) is 4.14. The summed E-state index contributed by atoms with van der Waals surface area (Å²) in [5, 5.41) is 3.26. The van der Waals surface area contributed by atoms with Gasteiger partial charge in [0.2, 0.25) is 0 Å². The molecule has 1 aromatic rings. The number of rotatable bonds is 2. The number of hydrogen-bond acceptors (Lipinski definition) is 2. The van der Waals surface area contributed by atoms with Gasteiger partial charge in [-0.15, -0.1) is 0 Å². The maximum atomic E-state index is 5.29. The Labute approximate surface area is 89.7 Å². The van der Waals surface area contributed by atoms with Crippen molar-refractivity contribution in [1.29, 1.82) is 0 Å². The fourth-order valence-electron chi connectivity index (χ4n) is 1.83. The molecule has 2 nitrogen and oxygen atoms in total. The van der Waals surface area contributed by atoms with Gasteiger partial charge in [-0.2, -0.15) is 0 Å². The van der Waals surface area contributed by atoms with Crippen molar-refractivity contribution in [3.05, 3.63) is 30.1 Å². The Morgan fingerprint density at radius 1 is 1.57 bits per heavy atom. The van der Waals surface area contributed by atoms with Crippen molar-refractivity contribution in [2.45, 2.75) is 19.3 Å². The molecule has 0 spiro atoms. The smallest absolute Gasteiger partial charge is 0.0788 e. The van der Waals surface area contributed by atoms with Gasteiger partial charge in [-0.05, 0) is 30.9 Å². The van der Waals surface area contributed by atoms with Crippen LogP contribution in [0.2, 0.25) is 0 Å². The number of aromatic nitrogens is 1. The van der Waals surface area contributed by atoms with Crippen LogP contribution in [0, 0.1) is 5.92 Å². The van der Waals surface area contributed by atoms with E-state index in [9.17, 15) is 0 Å². The lowest BCUT2D eigenvalue weighted by Gasteiger charge is -2.24. The molecule has 2 rings (SSSR count). The highest BCUT2D eigenvalue weighted by atomic mass is 32.1. The van der Waals surface area contributed by atoms with Gasteiger partial charge in [-0.25, -0.2) is 0 Å². The number of piperidine rings is 1. The van der Waals surface area contributed by atoms with Crippen LogP contribution in [0.5, 0.6) is 0 Å². The van der Waals surface area contributed by atoms with E-state index in [4.69, 9.17) is 12.2 Å². The molecule has 1 saturated heterocycles. The summed E-state index contributed by atoms with van der Waals surface area (Å²) in [5.74, 6) is 0.517. The van der Waals surface area contributed by atoms with Gasteiger partial charge in [0, 0.05) is 24.9 Å². The van der Waals surface area contributed by atoms with Crippen molar-refractivity contribution in [3.8, 4) is 0 Å². The van der Waals surface area contributed by atoms with Gasteiger partial charge < -0.3 is 5.32 Å². The Kier molecular flexibility index (Phi) is 3.09. The largest absolute Gasteiger partial charge is 0.379 e. The van der Waals surface area contributed by atoms with Crippen LogP contribution in [0.4, 0.5) is 0 Å². The third-order valence-corrected chi connectivity index (χ3v) is 3.08. The summed E-state index contributed by atoms with van der Waals surface area (Å²) in [6.07, 6.45) is 7.20. The Morgan fingerprint density at radius 3 is 3.21 bits per heavy atom. The molecule has 0 radical (unpaired) electrons. The van der Waals surface area contributed by atoms with Crippen molar-refractivity contribution < 1.29 is 0 Å². The first-order chi connectivity index (χ1) is 6.86. The molecular formula is C11H14N2S. The molecule has 1 aliphatic rings. The summed E-state index contributed by atoms with van der Waals surface area (Å²) in [7, 11) is 0. The van der Waals surface area contributed by atoms with E-state index in [1.807, 2.05) is 12.3 Å². The van der Waals surface area contributed by atoms with Gasteiger partial charge in [0.15, 0.2) is 0 Å². The second kappa shape index (κ2) is 4.51. The molecule has 14 heavy (non-hydrogen) atoms. The standard InChI is InChI=1S/C11H14N2S/c14-11-10(4-2-6-13-11)7-9-3-1-5-12-8-9/h1,3,5,8,10H,2,4,6-7H2,(H,13,14). The van der Waals surface area contributed by atoms with Crippen LogP contribution in [-0.4, -0.2) is 16.5 Å². The van der Waals surface area contributed by atoms with Crippen LogP contribution in [0.25, 0.3) is 0 Å². The third kappa shape index (κ3) is 2.29. The molecule has 1 unspecified atom stereocenters. The minimum absolute atomic E-state index is 0.517. The van der Waals surface area contributed by atoms with Gasteiger partial charge in [0.25, 0.3) is 0 Å². The molecule has 2 heterocycles. The molecule has 3 heteroatoms. The summed E-state index contributed by atoms with van der Waals surface area (Å²) >= 11 is 5.29. The predicted octanol–water partition coefficient (Wildman–Crippen LogP) is 1.95. The van der Waals surface area contributed by atoms with Crippen molar-refractivity contribution in [2.75, 3.05) is 6.54 Å². The van der Waals surface area contributed by atoms with E-state index in [1.165, 1.54) is 18.4 Å². The lowest BCUT2D eigenvalue weighted by Crippen LogP contribution is -2.35. The predicted molar refractivity (Wildman–Crippen MR) is 61.3 cm³/mol. The van der Waals surface area contributed by atoms with Gasteiger partial charge in [-0.3, -0.25) is 4.98 Å². The Bertz CT molecular complexity index is 310. The first kappa shape index (κ1) is 9.59. The van der Waals surface area contributed by atoms with Gasteiger partial charge in [0.1, 0.15) is 0 Å². The van der Waals surface area contributed by atoms with Crippen LogP contribution in [0.15, 0.2) is 24.5 Å². The molecule has 1 atom stereocenters. The summed E-state index contributed by atoms with van der Waals surface area (Å²) in [4.78, 5) is 5.14. The number of thiocarbonyl (C=S) groups is 1. The Morgan fingerprint density at radius 2 is 2.50 bits per heavy atom. The highest BCUT2D eigenvalue weighted by molar-refractivity contribution is 7.80. The zero-order chi connectivity index (χ0) is 9.80. The SMILES string of the molecule is S=C1NCCCC1Cc1cccnc1. The van der Waals surface area contributed by atoms with E-state index in [0.29, 0.717) is 5.92 Å². The van der Waals surface area contributed by atoms with Crippen LogP contribution in [0.1, 0.15) is 18.4 Å². The maximum absolute atomic E-state index is 5.29. The number of hydrogen-bond donors (Lipinski definition) is 1. The summed E-state index contributed by atoms with van der Waals surface area (Å²) in [5.41, 5.74) is 1.28. The fourth-order valence-corrected chi connectivity index (χ4v) is 2.14. The molecule has 1 aromatic heterocycles. The van der Waals surface area contributed by atoms with Crippen molar-refractivity contribution in [3.63, 3.8) is 0 Å². The molecule has 1 fully saturated rings. The average Bonchev–Trinajstić information content (AvgIpc) is 2.23. The van der Waals surface area contributed by atoms with Crippen molar-refractivity contribution in [2.24, 2.45) is 5.92 Å². The summed E-state index contributed by atoms with van der Waals surface area (Å²) in [6, 6.07) is 4.10. The number of nitrogens with one attached hydrogen (secondary N) is 1. The van der Waals surface area contributed by atoms with Gasteiger partial charge in [-0.1, -0.05) is 18.3 Å². The molecule has 1 aliphatic heterocycles. The lowest BCUT2D eigenvalue weighted by molar-refractivity contribution is 0.532. The highest BCUT2D eigenvalue weighted by Gasteiger charge is 2.18. The van der Waals surface area contributed by atoms with E-state index in [0.717, 1.165) is 18.0 Å². The monoisotopic (exact) mass is 206 g/mol. The molecule has 0 aromatic carbocycles. The zero-order valence-corrected chi connectivity index (χ0v) is 8.89. The maximum Gasteiger partial charge on any atom is 0.0788 e. The molecule has 0 bridgehead atoms. The van der Waals surface area contributed by atoms with E-state index >= 15 is 0 Å². The summed E-state index contributed by atoms with van der Waals surface area (Å²) in [6.45, 7) is 1.04. The highest BCUT2D eigenvalue weighted by Crippen LogP contribution is 2.17. The first-order valence-electron chi connectivity index (χ1n) is 5.03. The summed E-state index contributed by atoms with van der Waals surface area (Å²) < 4.78 is 0. The van der Waals surface area contributed by atoms with E-state index in [1.54, 1.807) is 6.20 Å². The van der Waals surface area contributed by atoms with Gasteiger partial charge in [0.05, 0.1) is 4.99 Å². The lowest BCUT2D eigenvalue weighted by atomic mass is 9.93. The second-order valence-electron chi connectivity index (χ2n) is 3.70. The fraction of sp³-hybridized carbons (Fsp3) is 0.455. The van der Waals surface area contributed by atoms with E-state index < -0.39 is 0 Å². The van der Waals surface area contributed by atoms with Crippen LogP contribution >= 0.6 is 12.2 Å². The normalized spacial score (nSPS) is 21.7. The first-order valence-corrected chi connectivity index (χ1v) is 5.44. The van der Waals surface area contributed by atoms with E-state index in [2.05, 4.69) is 16.4 Å². The van der Waals surface area contributed by atoms with Crippen LogP contribution in [0.3, 0.4) is 0 Å². The molecule has 0 amide bonds. The van der Waals surface area contributed by atoms with Gasteiger partial charge >= 0.3 is 0 Å². The quantitative estimate of drug-likeness (QED) is 0.749. The molecule has 0 saturated carbocycles. The minimum Gasteiger partial charge on any atom is -0.379 e.